The van der Waals surface area contributed by atoms with Crippen LogP contribution in [0.1, 0.15) is 13.3 Å². The molecule has 2 unspecified atom stereocenters. The van der Waals surface area contributed by atoms with E-state index in [1.807, 2.05) is 0 Å². The number of rotatable bonds is 4. The van der Waals surface area contributed by atoms with Gasteiger partial charge in [0.2, 0.25) is 7.37 Å². The van der Waals surface area contributed by atoms with E-state index in [0.717, 1.165) is 5.06 Å². The van der Waals surface area contributed by atoms with Crippen LogP contribution in [0.3, 0.4) is 0 Å². The molecule has 7 heteroatoms. The van der Waals surface area contributed by atoms with Gasteiger partial charge in [0.25, 0.3) is 5.91 Å². The van der Waals surface area contributed by atoms with E-state index in [2.05, 4.69) is 0 Å². The van der Waals surface area contributed by atoms with Crippen molar-refractivity contribution in [3.63, 3.8) is 0 Å². The van der Waals surface area contributed by atoms with E-state index in [1.54, 1.807) is 6.92 Å². The van der Waals surface area contributed by atoms with Gasteiger partial charge in [-0.15, -0.1) is 0 Å². The zero-order chi connectivity index (χ0) is 10.8. The van der Waals surface area contributed by atoms with E-state index in [0.29, 0.717) is 6.42 Å². The molecule has 1 amide bonds. The number of hydrogen-bond acceptors (Lipinski definition) is 4. The highest BCUT2D eigenvalue weighted by molar-refractivity contribution is 7.56. The topological polar surface area (TPSA) is 76.1 Å². The van der Waals surface area contributed by atoms with Crippen LogP contribution >= 0.6 is 7.37 Å². The molecule has 1 N–H and O–H groups in total. The maximum Gasteiger partial charge on any atom is 0.251 e. The van der Waals surface area contributed by atoms with Crippen molar-refractivity contribution in [2.24, 2.45) is 0 Å². The Morgan fingerprint density at radius 1 is 1.79 bits per heavy atom. The number of carbonyl (C=O) groups excluding carboxylic acids is 1. The Morgan fingerprint density at radius 2 is 2.43 bits per heavy atom. The fourth-order valence-corrected chi connectivity index (χ4v) is 1.48. The third-order valence-electron chi connectivity index (χ3n) is 1.59. The van der Waals surface area contributed by atoms with Crippen molar-refractivity contribution in [2.45, 2.75) is 19.4 Å². The van der Waals surface area contributed by atoms with Gasteiger partial charge in [-0.1, -0.05) is 0 Å². The van der Waals surface area contributed by atoms with E-state index >= 15 is 0 Å². The number of hydroxylamine groups is 2. The monoisotopic (exact) mass is 223 g/mol. The van der Waals surface area contributed by atoms with Crippen molar-refractivity contribution >= 4 is 13.3 Å². The third kappa shape index (κ3) is 3.75. The summed E-state index contributed by atoms with van der Waals surface area (Å²) in [7, 11) is -3.17. The molecule has 0 aromatic heterocycles. The Labute approximate surface area is 82.2 Å². The van der Waals surface area contributed by atoms with Crippen LogP contribution in [0, 0.1) is 0 Å². The van der Waals surface area contributed by atoms with Gasteiger partial charge in [-0.2, -0.15) is 5.06 Å². The Bertz CT molecular complexity index is 263. The van der Waals surface area contributed by atoms with Gasteiger partial charge >= 0.3 is 0 Å². The molecule has 0 radical (unpaired) electrons. The van der Waals surface area contributed by atoms with E-state index in [1.165, 1.54) is 6.66 Å². The maximum absolute atomic E-state index is 11.1. The summed E-state index contributed by atoms with van der Waals surface area (Å²) in [4.78, 5) is 25.1. The summed E-state index contributed by atoms with van der Waals surface area (Å²) in [6.07, 6.45) is -0.0884. The second kappa shape index (κ2) is 4.40. The minimum Gasteiger partial charge on any atom is -0.349 e. The van der Waals surface area contributed by atoms with Crippen molar-refractivity contribution in [3.05, 3.63) is 0 Å². The molecule has 0 aromatic carbocycles. The summed E-state index contributed by atoms with van der Waals surface area (Å²) in [5, 5.41) is 1.07. The van der Waals surface area contributed by atoms with Crippen LogP contribution in [0.2, 0.25) is 0 Å². The average molecular weight is 223 g/mol. The van der Waals surface area contributed by atoms with Crippen molar-refractivity contribution in [1.29, 1.82) is 0 Å². The highest BCUT2D eigenvalue weighted by Crippen LogP contribution is 2.34. The van der Waals surface area contributed by atoms with Crippen LogP contribution in [-0.4, -0.2) is 41.7 Å². The summed E-state index contributed by atoms with van der Waals surface area (Å²) < 4.78 is 15.7. The molecule has 1 aliphatic rings. The Morgan fingerprint density at radius 3 is 2.86 bits per heavy atom. The van der Waals surface area contributed by atoms with E-state index in [-0.39, 0.29) is 25.1 Å². The molecule has 0 aliphatic carbocycles. The molecule has 0 aromatic rings. The molecule has 1 fully saturated rings. The predicted octanol–water partition coefficient (Wildman–Crippen LogP) is 0.371. The minimum atomic E-state index is -3.17. The SMILES string of the molecule is CC1CC(=O)N(COCP(C)(=O)O)O1. The van der Waals surface area contributed by atoms with Gasteiger partial charge in [0, 0.05) is 6.66 Å². The largest absolute Gasteiger partial charge is 0.349 e. The Hall–Kier alpha value is -0.420. The fourth-order valence-electron chi connectivity index (χ4n) is 1.06. The Kier molecular flexibility index (Phi) is 3.66. The highest BCUT2D eigenvalue weighted by Gasteiger charge is 2.28. The summed E-state index contributed by atoms with van der Waals surface area (Å²) >= 11 is 0. The lowest BCUT2D eigenvalue weighted by Crippen LogP contribution is -2.26. The number of nitrogens with zero attached hydrogens (tertiary/aromatic N) is 1. The number of ether oxygens (including phenoxy) is 1. The lowest BCUT2D eigenvalue weighted by Gasteiger charge is -2.15. The lowest BCUT2D eigenvalue weighted by molar-refractivity contribution is -0.197. The standard InChI is InChI=1S/C7H14NO5P/c1-6-3-7(9)8(13-6)4-12-5-14(2,10)11/h6H,3-5H2,1-2H3,(H,10,11). The molecular weight excluding hydrogens is 209 g/mol. The van der Waals surface area contributed by atoms with Gasteiger partial charge in [-0.3, -0.25) is 14.2 Å². The second-order valence-corrected chi connectivity index (χ2v) is 5.77. The zero-order valence-corrected chi connectivity index (χ0v) is 9.07. The van der Waals surface area contributed by atoms with Crippen LogP contribution in [0.4, 0.5) is 0 Å². The van der Waals surface area contributed by atoms with Gasteiger partial charge in [0.15, 0.2) is 0 Å². The average Bonchev–Trinajstić information content (AvgIpc) is 2.27. The van der Waals surface area contributed by atoms with Crippen LogP contribution in [0.5, 0.6) is 0 Å². The van der Waals surface area contributed by atoms with Crippen molar-refractivity contribution in [2.75, 3.05) is 19.7 Å². The molecule has 6 nitrogen and oxygen atoms in total. The molecular formula is C7H14NO5P. The molecule has 1 rings (SSSR count). The second-order valence-electron chi connectivity index (χ2n) is 3.41. The molecule has 0 saturated carbocycles. The van der Waals surface area contributed by atoms with Gasteiger partial charge < -0.3 is 9.63 Å². The van der Waals surface area contributed by atoms with E-state index in [4.69, 9.17) is 14.5 Å². The lowest BCUT2D eigenvalue weighted by atomic mass is 10.3. The van der Waals surface area contributed by atoms with Crippen molar-refractivity contribution < 1.29 is 23.8 Å². The number of carbonyl (C=O) groups is 1. The van der Waals surface area contributed by atoms with Crippen LogP contribution in [-0.2, 0) is 18.9 Å². The molecule has 1 aliphatic heterocycles. The first-order chi connectivity index (χ1) is 6.38. The van der Waals surface area contributed by atoms with E-state index in [9.17, 15) is 9.36 Å². The molecule has 2 atom stereocenters. The number of amides is 1. The summed E-state index contributed by atoms with van der Waals surface area (Å²) in [6.45, 7) is 2.87. The number of hydrogen-bond donors (Lipinski definition) is 1. The predicted molar refractivity (Wildman–Crippen MR) is 48.6 cm³/mol. The molecule has 14 heavy (non-hydrogen) atoms. The molecule has 0 bridgehead atoms. The van der Waals surface area contributed by atoms with Gasteiger partial charge in [-0.05, 0) is 6.92 Å². The first-order valence-corrected chi connectivity index (χ1v) is 6.52. The maximum atomic E-state index is 11.1. The fraction of sp³-hybridized carbons (Fsp3) is 0.857. The van der Waals surface area contributed by atoms with Crippen molar-refractivity contribution in [1.82, 2.24) is 5.06 Å². The highest BCUT2D eigenvalue weighted by atomic mass is 31.2. The van der Waals surface area contributed by atoms with Gasteiger partial charge in [0.05, 0.1) is 12.5 Å². The van der Waals surface area contributed by atoms with E-state index < -0.39 is 7.37 Å². The first-order valence-electron chi connectivity index (χ1n) is 4.22. The molecule has 82 valence electrons. The minimum absolute atomic E-state index is 0.0957. The summed E-state index contributed by atoms with van der Waals surface area (Å²) in [5.41, 5.74) is 0. The normalized spacial score (nSPS) is 26.6. The van der Waals surface area contributed by atoms with Crippen LogP contribution in [0.15, 0.2) is 0 Å². The van der Waals surface area contributed by atoms with Crippen LogP contribution in [0.25, 0.3) is 0 Å². The molecule has 1 saturated heterocycles. The van der Waals surface area contributed by atoms with Gasteiger partial charge in [0.1, 0.15) is 13.1 Å². The quantitative estimate of drug-likeness (QED) is 0.697. The van der Waals surface area contributed by atoms with Crippen LogP contribution < -0.4 is 0 Å². The third-order valence-corrected chi connectivity index (χ3v) is 2.25. The van der Waals surface area contributed by atoms with Gasteiger partial charge in [-0.25, -0.2) is 0 Å². The molecule has 1 heterocycles. The summed E-state index contributed by atoms with van der Waals surface area (Å²) in [6, 6.07) is 0. The Balaban J connectivity index is 2.26. The summed E-state index contributed by atoms with van der Waals surface area (Å²) in [5.74, 6) is -0.165. The zero-order valence-electron chi connectivity index (χ0n) is 8.17. The smallest absolute Gasteiger partial charge is 0.251 e. The molecule has 0 spiro atoms. The van der Waals surface area contributed by atoms with Crippen molar-refractivity contribution in [3.8, 4) is 0 Å². The first kappa shape index (κ1) is 11.7.